The van der Waals surface area contributed by atoms with Gasteiger partial charge in [0.2, 0.25) is 0 Å². The number of aryl methyl sites for hydroxylation is 1. The van der Waals surface area contributed by atoms with Crippen LogP contribution < -0.4 is 5.32 Å². The summed E-state index contributed by atoms with van der Waals surface area (Å²) in [5.41, 5.74) is 0.442. The number of aromatic nitrogens is 3. The van der Waals surface area contributed by atoms with E-state index in [2.05, 4.69) is 56.9 Å². The third-order valence-electron chi connectivity index (χ3n) is 3.09. The van der Waals surface area contributed by atoms with Crippen LogP contribution in [0.1, 0.15) is 53.8 Å². The van der Waals surface area contributed by atoms with Gasteiger partial charge in [-0.2, -0.15) is 5.10 Å². The smallest absolute Gasteiger partial charge is 0.138 e. The number of hydrogen-bond donors (Lipinski definition) is 1. The fourth-order valence-electron chi connectivity index (χ4n) is 1.98. The van der Waals surface area contributed by atoms with Crippen LogP contribution in [-0.4, -0.2) is 26.8 Å². The lowest BCUT2D eigenvalue weighted by Crippen LogP contribution is -2.38. The molecule has 0 fully saturated rings. The molecule has 0 aliphatic heterocycles. The van der Waals surface area contributed by atoms with Crippen molar-refractivity contribution in [2.24, 2.45) is 5.41 Å². The van der Waals surface area contributed by atoms with Gasteiger partial charge in [-0.05, 0) is 46.1 Å². The molecule has 0 aromatic carbocycles. The van der Waals surface area contributed by atoms with Crippen LogP contribution in [0.2, 0.25) is 0 Å². The summed E-state index contributed by atoms with van der Waals surface area (Å²) in [7, 11) is 0. The lowest BCUT2D eigenvalue weighted by atomic mass is 9.85. The first-order chi connectivity index (χ1) is 8.23. The van der Waals surface area contributed by atoms with Crippen LogP contribution in [-0.2, 0) is 13.0 Å². The third-order valence-corrected chi connectivity index (χ3v) is 3.09. The van der Waals surface area contributed by atoms with E-state index in [9.17, 15) is 0 Å². The fourth-order valence-corrected chi connectivity index (χ4v) is 1.98. The largest absolute Gasteiger partial charge is 0.312 e. The van der Waals surface area contributed by atoms with Crippen molar-refractivity contribution in [2.45, 2.75) is 66.5 Å². The minimum atomic E-state index is 0.194. The van der Waals surface area contributed by atoms with E-state index in [1.807, 2.05) is 4.68 Å². The lowest BCUT2D eigenvalue weighted by Gasteiger charge is -2.27. The molecule has 0 atom stereocenters. The van der Waals surface area contributed by atoms with Crippen LogP contribution in [0.4, 0.5) is 0 Å². The molecule has 1 aromatic rings. The molecule has 0 aliphatic carbocycles. The highest BCUT2D eigenvalue weighted by Gasteiger charge is 2.22. The van der Waals surface area contributed by atoms with Crippen LogP contribution in [0.15, 0.2) is 6.33 Å². The Morgan fingerprint density at radius 3 is 2.44 bits per heavy atom. The Morgan fingerprint density at radius 2 is 1.89 bits per heavy atom. The standard InChI is InChI=1S/C14H28N4/c1-7-18-12(15-11-17-18)10-14(5,6)8-9-16-13(2,3)4/h11,16H,7-10H2,1-6H3. The van der Waals surface area contributed by atoms with Gasteiger partial charge in [0.05, 0.1) is 0 Å². The Kier molecular flexibility index (Phi) is 4.91. The minimum absolute atomic E-state index is 0.194. The van der Waals surface area contributed by atoms with Crippen molar-refractivity contribution in [3.63, 3.8) is 0 Å². The lowest BCUT2D eigenvalue weighted by molar-refractivity contribution is 0.293. The van der Waals surface area contributed by atoms with Gasteiger partial charge >= 0.3 is 0 Å². The van der Waals surface area contributed by atoms with Gasteiger partial charge in [0, 0.05) is 18.5 Å². The summed E-state index contributed by atoms with van der Waals surface area (Å²) in [6.07, 6.45) is 3.77. The second-order valence-corrected chi connectivity index (χ2v) is 6.76. The average molecular weight is 252 g/mol. The summed E-state index contributed by atoms with van der Waals surface area (Å²) in [4.78, 5) is 4.36. The SMILES string of the molecule is CCn1ncnc1CC(C)(C)CCNC(C)(C)C. The summed E-state index contributed by atoms with van der Waals surface area (Å²) in [6, 6.07) is 0. The average Bonchev–Trinajstić information content (AvgIpc) is 2.61. The molecule has 0 spiro atoms. The van der Waals surface area contributed by atoms with Crippen molar-refractivity contribution in [1.29, 1.82) is 0 Å². The van der Waals surface area contributed by atoms with Crippen molar-refractivity contribution in [1.82, 2.24) is 20.1 Å². The Balaban J connectivity index is 2.49. The van der Waals surface area contributed by atoms with Gasteiger partial charge in [-0.1, -0.05) is 13.8 Å². The van der Waals surface area contributed by atoms with Gasteiger partial charge in [0.15, 0.2) is 0 Å². The van der Waals surface area contributed by atoms with Crippen LogP contribution in [0.5, 0.6) is 0 Å². The monoisotopic (exact) mass is 252 g/mol. The second kappa shape index (κ2) is 5.83. The molecule has 0 radical (unpaired) electrons. The zero-order valence-electron chi connectivity index (χ0n) is 12.7. The van der Waals surface area contributed by atoms with Crippen LogP contribution in [0.25, 0.3) is 0 Å². The molecule has 1 N–H and O–H groups in total. The number of rotatable bonds is 6. The number of nitrogens with one attached hydrogen (secondary N) is 1. The minimum Gasteiger partial charge on any atom is -0.312 e. The molecule has 0 saturated heterocycles. The van der Waals surface area contributed by atoms with Crippen LogP contribution in [0, 0.1) is 5.41 Å². The zero-order valence-corrected chi connectivity index (χ0v) is 12.7. The fraction of sp³-hybridized carbons (Fsp3) is 0.857. The van der Waals surface area contributed by atoms with E-state index in [4.69, 9.17) is 0 Å². The molecule has 0 saturated carbocycles. The highest BCUT2D eigenvalue weighted by molar-refractivity contribution is 4.91. The zero-order chi connectivity index (χ0) is 13.8. The summed E-state index contributed by atoms with van der Waals surface area (Å²) < 4.78 is 1.99. The maximum absolute atomic E-state index is 4.36. The summed E-state index contributed by atoms with van der Waals surface area (Å²) in [5.74, 6) is 1.10. The highest BCUT2D eigenvalue weighted by atomic mass is 15.3. The van der Waals surface area contributed by atoms with Crippen molar-refractivity contribution < 1.29 is 0 Å². The summed E-state index contributed by atoms with van der Waals surface area (Å²) in [6.45, 7) is 15.2. The maximum atomic E-state index is 4.36. The predicted molar refractivity (Wildman–Crippen MR) is 75.6 cm³/mol. The second-order valence-electron chi connectivity index (χ2n) is 6.76. The van der Waals surface area contributed by atoms with Crippen LogP contribution >= 0.6 is 0 Å². The van der Waals surface area contributed by atoms with E-state index in [1.165, 1.54) is 0 Å². The van der Waals surface area contributed by atoms with Gasteiger partial charge in [0.25, 0.3) is 0 Å². The molecule has 4 heteroatoms. The van der Waals surface area contributed by atoms with E-state index < -0.39 is 0 Å². The first-order valence-electron chi connectivity index (χ1n) is 6.85. The van der Waals surface area contributed by atoms with Gasteiger partial charge in [0.1, 0.15) is 12.2 Å². The predicted octanol–water partition coefficient (Wildman–Crippen LogP) is 2.64. The molecule has 1 heterocycles. The van der Waals surface area contributed by atoms with E-state index in [0.717, 1.165) is 31.8 Å². The molecular weight excluding hydrogens is 224 g/mol. The van der Waals surface area contributed by atoms with Gasteiger partial charge < -0.3 is 5.32 Å². The van der Waals surface area contributed by atoms with E-state index in [1.54, 1.807) is 6.33 Å². The molecule has 4 nitrogen and oxygen atoms in total. The molecule has 0 unspecified atom stereocenters. The van der Waals surface area contributed by atoms with E-state index >= 15 is 0 Å². The molecule has 0 amide bonds. The maximum Gasteiger partial charge on any atom is 0.138 e. The summed E-state index contributed by atoms with van der Waals surface area (Å²) >= 11 is 0. The Bertz CT molecular complexity index is 360. The molecule has 0 bridgehead atoms. The first kappa shape index (κ1) is 15.2. The Labute approximate surface area is 111 Å². The van der Waals surface area contributed by atoms with Crippen molar-refractivity contribution in [3.05, 3.63) is 12.2 Å². The van der Waals surface area contributed by atoms with Gasteiger partial charge in [-0.3, -0.25) is 4.68 Å². The van der Waals surface area contributed by atoms with Gasteiger partial charge in [-0.15, -0.1) is 0 Å². The Morgan fingerprint density at radius 1 is 1.22 bits per heavy atom. The molecule has 1 aromatic heterocycles. The molecule has 104 valence electrons. The summed E-state index contributed by atoms with van der Waals surface area (Å²) in [5, 5.41) is 7.77. The van der Waals surface area contributed by atoms with Crippen LogP contribution in [0.3, 0.4) is 0 Å². The highest BCUT2D eigenvalue weighted by Crippen LogP contribution is 2.24. The molecular formula is C14H28N4. The number of hydrogen-bond acceptors (Lipinski definition) is 3. The molecule has 18 heavy (non-hydrogen) atoms. The quantitative estimate of drug-likeness (QED) is 0.846. The number of nitrogens with zero attached hydrogens (tertiary/aromatic N) is 3. The third kappa shape index (κ3) is 5.17. The van der Waals surface area contributed by atoms with Crippen molar-refractivity contribution >= 4 is 0 Å². The normalized spacial score (nSPS) is 13.0. The topological polar surface area (TPSA) is 42.7 Å². The van der Waals surface area contributed by atoms with E-state index in [-0.39, 0.29) is 11.0 Å². The Hall–Kier alpha value is -0.900. The van der Waals surface area contributed by atoms with Crippen molar-refractivity contribution in [2.75, 3.05) is 6.54 Å². The molecule has 1 rings (SSSR count). The first-order valence-corrected chi connectivity index (χ1v) is 6.85. The molecule has 0 aliphatic rings. The van der Waals surface area contributed by atoms with Crippen molar-refractivity contribution in [3.8, 4) is 0 Å². The van der Waals surface area contributed by atoms with Gasteiger partial charge in [-0.25, -0.2) is 4.98 Å². The van der Waals surface area contributed by atoms with E-state index in [0.29, 0.717) is 0 Å².